The topological polar surface area (TPSA) is 99.7 Å². The summed E-state index contributed by atoms with van der Waals surface area (Å²) in [6, 6.07) is 13.1. The van der Waals surface area contributed by atoms with E-state index in [1.807, 2.05) is 6.92 Å². The number of sulfonamides is 1. The molecule has 0 spiro atoms. The molecule has 1 saturated carbocycles. The van der Waals surface area contributed by atoms with Gasteiger partial charge in [-0.3, -0.25) is 0 Å². The summed E-state index contributed by atoms with van der Waals surface area (Å²) in [6.07, 6.45) is 5.08. The number of aromatic nitrogens is 2. The van der Waals surface area contributed by atoms with Gasteiger partial charge in [-0.1, -0.05) is 35.9 Å². The van der Waals surface area contributed by atoms with Crippen LogP contribution in [0.15, 0.2) is 53.6 Å². The zero-order chi connectivity index (χ0) is 28.8. The number of ether oxygens (including phenoxy) is 1. The average Bonchev–Trinajstić information content (AvgIpc) is 3.80. The molecular formula is C30H39ClN6O3S. The Labute approximate surface area is 248 Å². The van der Waals surface area contributed by atoms with Crippen molar-refractivity contribution in [3.05, 3.63) is 70.6 Å². The lowest BCUT2D eigenvalue weighted by molar-refractivity contribution is 0.155. The third-order valence-electron chi connectivity index (χ3n) is 7.58. The molecule has 220 valence electrons. The molecule has 2 heterocycles. The minimum absolute atomic E-state index is 0.155. The van der Waals surface area contributed by atoms with Crippen LogP contribution in [0, 0.1) is 5.92 Å². The first kappa shape index (κ1) is 29.7. The van der Waals surface area contributed by atoms with Crippen LogP contribution in [-0.2, 0) is 22.9 Å². The Morgan fingerprint density at radius 2 is 1.88 bits per heavy atom. The highest BCUT2D eigenvalue weighted by molar-refractivity contribution is 7.89. The van der Waals surface area contributed by atoms with Crippen LogP contribution in [0.3, 0.4) is 0 Å². The Balaban J connectivity index is 1.30. The first-order valence-electron chi connectivity index (χ1n) is 14.3. The SMILES string of the molecule is CCOc1cc(CCN2CCN(C)CC2)ccc1Cc1ncc(Cl)c(Nc2ccccc2S(=O)(=O)NCC2CC2)n1. The number of hydrogen-bond donors (Lipinski definition) is 2. The third-order valence-corrected chi connectivity index (χ3v) is 9.33. The van der Waals surface area contributed by atoms with Gasteiger partial charge in [-0.15, -0.1) is 0 Å². The molecule has 1 aliphatic heterocycles. The molecule has 1 saturated heterocycles. The Morgan fingerprint density at radius 3 is 2.63 bits per heavy atom. The van der Waals surface area contributed by atoms with E-state index in [-0.39, 0.29) is 4.90 Å². The number of benzene rings is 2. The number of nitrogens with zero attached hydrogens (tertiary/aromatic N) is 4. The highest BCUT2D eigenvalue weighted by Crippen LogP contribution is 2.31. The van der Waals surface area contributed by atoms with Gasteiger partial charge >= 0.3 is 0 Å². The van der Waals surface area contributed by atoms with Crippen LogP contribution >= 0.6 is 11.6 Å². The first-order chi connectivity index (χ1) is 19.8. The monoisotopic (exact) mass is 598 g/mol. The Bertz CT molecular complexity index is 1440. The normalized spacial score (nSPS) is 16.6. The van der Waals surface area contributed by atoms with Crippen molar-refractivity contribution < 1.29 is 13.2 Å². The van der Waals surface area contributed by atoms with Gasteiger partial charge in [-0.05, 0) is 62.9 Å². The van der Waals surface area contributed by atoms with Crippen molar-refractivity contribution >= 4 is 33.1 Å². The number of para-hydroxylation sites is 1. The fourth-order valence-electron chi connectivity index (χ4n) is 4.85. The van der Waals surface area contributed by atoms with Gasteiger partial charge in [0.15, 0.2) is 5.82 Å². The molecule has 2 aromatic carbocycles. The molecule has 5 rings (SSSR count). The van der Waals surface area contributed by atoms with Crippen LogP contribution in [0.1, 0.15) is 36.7 Å². The summed E-state index contributed by atoms with van der Waals surface area (Å²) in [6.45, 7) is 8.44. The lowest BCUT2D eigenvalue weighted by atomic mass is 10.0. The fourth-order valence-corrected chi connectivity index (χ4v) is 6.27. The minimum Gasteiger partial charge on any atom is -0.494 e. The third kappa shape index (κ3) is 8.17. The van der Waals surface area contributed by atoms with E-state index in [0.717, 1.165) is 63.3 Å². The molecule has 0 atom stereocenters. The molecule has 1 aliphatic carbocycles. The standard InChI is InChI=1S/C30H39ClN6O3S/c1-3-40-27-18-22(12-13-37-16-14-36(2)15-17-37)10-11-24(27)19-29-32-21-25(31)30(35-29)34-26-6-4-5-7-28(26)41(38,39)33-20-23-8-9-23/h4-7,10-11,18,21,23,33H,3,8-9,12-17,19-20H2,1-2H3,(H,32,34,35). The first-order valence-corrected chi connectivity index (χ1v) is 16.2. The lowest BCUT2D eigenvalue weighted by Crippen LogP contribution is -2.45. The van der Waals surface area contributed by atoms with E-state index in [4.69, 9.17) is 16.3 Å². The van der Waals surface area contributed by atoms with Crippen molar-refractivity contribution in [3.63, 3.8) is 0 Å². The minimum atomic E-state index is -3.69. The van der Waals surface area contributed by atoms with Crippen LogP contribution in [0.25, 0.3) is 0 Å². The van der Waals surface area contributed by atoms with Crippen LogP contribution in [0.5, 0.6) is 5.75 Å². The molecule has 9 nitrogen and oxygen atoms in total. The van der Waals surface area contributed by atoms with Crippen molar-refractivity contribution in [2.24, 2.45) is 5.92 Å². The highest BCUT2D eigenvalue weighted by atomic mass is 35.5. The zero-order valence-electron chi connectivity index (χ0n) is 23.8. The second kappa shape index (κ2) is 13.5. The van der Waals surface area contributed by atoms with E-state index in [2.05, 4.69) is 55.1 Å². The number of likely N-dealkylation sites (N-methyl/N-ethyl adjacent to an activating group) is 1. The maximum Gasteiger partial charge on any atom is 0.242 e. The van der Waals surface area contributed by atoms with Crippen molar-refractivity contribution in [1.82, 2.24) is 24.5 Å². The largest absolute Gasteiger partial charge is 0.494 e. The molecule has 0 amide bonds. The highest BCUT2D eigenvalue weighted by Gasteiger charge is 2.26. The second-order valence-corrected chi connectivity index (χ2v) is 13.0. The lowest BCUT2D eigenvalue weighted by Gasteiger charge is -2.32. The number of nitrogens with one attached hydrogen (secondary N) is 2. The number of anilines is 2. The fraction of sp³-hybridized carbons (Fsp3) is 0.467. The maximum atomic E-state index is 13.0. The van der Waals surface area contributed by atoms with Crippen molar-refractivity contribution in [1.29, 1.82) is 0 Å². The van der Waals surface area contributed by atoms with Crippen molar-refractivity contribution in [2.75, 3.05) is 58.2 Å². The van der Waals surface area contributed by atoms with Gasteiger partial charge in [0.05, 0.1) is 18.5 Å². The second-order valence-electron chi connectivity index (χ2n) is 10.8. The van der Waals surface area contributed by atoms with Crippen molar-refractivity contribution in [2.45, 2.75) is 37.5 Å². The molecule has 2 N–H and O–H groups in total. The summed E-state index contributed by atoms with van der Waals surface area (Å²) in [5.74, 6) is 2.16. The summed E-state index contributed by atoms with van der Waals surface area (Å²) < 4.78 is 34.8. The summed E-state index contributed by atoms with van der Waals surface area (Å²) in [5.41, 5.74) is 2.63. The van der Waals surface area contributed by atoms with E-state index in [1.54, 1.807) is 30.5 Å². The van der Waals surface area contributed by atoms with Gasteiger partial charge in [0, 0.05) is 51.3 Å². The molecular weight excluding hydrogens is 560 g/mol. The number of rotatable bonds is 13. The smallest absolute Gasteiger partial charge is 0.242 e. The Morgan fingerprint density at radius 1 is 1.10 bits per heavy atom. The van der Waals surface area contributed by atoms with E-state index in [9.17, 15) is 8.42 Å². The summed E-state index contributed by atoms with van der Waals surface area (Å²) in [7, 11) is -1.52. The van der Waals surface area contributed by atoms with Gasteiger partial charge in [-0.25, -0.2) is 23.1 Å². The van der Waals surface area contributed by atoms with Crippen LogP contribution in [0.4, 0.5) is 11.5 Å². The van der Waals surface area contributed by atoms with E-state index in [0.29, 0.717) is 47.8 Å². The number of halogens is 1. The van der Waals surface area contributed by atoms with Gasteiger partial charge in [-0.2, -0.15) is 0 Å². The molecule has 2 fully saturated rings. The molecule has 3 aromatic rings. The summed E-state index contributed by atoms with van der Waals surface area (Å²) >= 11 is 6.45. The predicted octanol–water partition coefficient (Wildman–Crippen LogP) is 4.34. The molecule has 41 heavy (non-hydrogen) atoms. The van der Waals surface area contributed by atoms with Gasteiger partial charge in [0.25, 0.3) is 0 Å². The van der Waals surface area contributed by atoms with E-state index in [1.165, 1.54) is 5.56 Å². The zero-order valence-corrected chi connectivity index (χ0v) is 25.3. The number of piperazine rings is 1. The van der Waals surface area contributed by atoms with Gasteiger partial charge in [0.2, 0.25) is 10.0 Å². The average molecular weight is 599 g/mol. The quantitative estimate of drug-likeness (QED) is 0.300. The van der Waals surface area contributed by atoms with Crippen LogP contribution in [0.2, 0.25) is 5.02 Å². The molecule has 0 bridgehead atoms. The molecule has 0 unspecified atom stereocenters. The molecule has 11 heteroatoms. The molecule has 2 aliphatic rings. The maximum absolute atomic E-state index is 13.0. The Hall–Kier alpha value is -2.76. The summed E-state index contributed by atoms with van der Waals surface area (Å²) in [4.78, 5) is 14.1. The van der Waals surface area contributed by atoms with E-state index < -0.39 is 10.0 Å². The Kier molecular flexibility index (Phi) is 9.77. The van der Waals surface area contributed by atoms with Gasteiger partial charge < -0.3 is 19.9 Å². The van der Waals surface area contributed by atoms with Crippen LogP contribution < -0.4 is 14.8 Å². The summed E-state index contributed by atoms with van der Waals surface area (Å²) in [5, 5.41) is 3.44. The number of hydrogen-bond acceptors (Lipinski definition) is 8. The van der Waals surface area contributed by atoms with Gasteiger partial charge in [0.1, 0.15) is 21.5 Å². The molecule has 0 radical (unpaired) electrons. The van der Waals surface area contributed by atoms with E-state index >= 15 is 0 Å². The molecule has 1 aromatic heterocycles. The predicted molar refractivity (Wildman–Crippen MR) is 163 cm³/mol. The van der Waals surface area contributed by atoms with Crippen LogP contribution in [-0.4, -0.2) is 81.1 Å². The van der Waals surface area contributed by atoms with Crippen molar-refractivity contribution in [3.8, 4) is 5.75 Å².